The van der Waals surface area contributed by atoms with Crippen LogP contribution in [0, 0.1) is 11.7 Å². The van der Waals surface area contributed by atoms with Crippen molar-refractivity contribution in [1.82, 2.24) is 5.43 Å². The average Bonchev–Trinajstić information content (AvgIpc) is 2.83. The number of halogens is 1. The summed E-state index contributed by atoms with van der Waals surface area (Å²) in [5.41, 5.74) is 2.98. The van der Waals surface area contributed by atoms with Crippen molar-refractivity contribution in [2.45, 2.75) is 38.1 Å². The molecule has 19 heavy (non-hydrogen) atoms. The number of nitrogens with two attached hydrogens (primary N) is 1. The van der Waals surface area contributed by atoms with Gasteiger partial charge in [-0.15, -0.1) is 11.3 Å². The Morgan fingerprint density at radius 1 is 1.21 bits per heavy atom. The minimum atomic E-state index is -0.174. The second kappa shape index (κ2) is 5.57. The molecule has 0 amide bonds. The Morgan fingerprint density at radius 3 is 2.74 bits per heavy atom. The van der Waals surface area contributed by atoms with E-state index in [2.05, 4.69) is 11.5 Å². The Kier molecular flexibility index (Phi) is 3.82. The number of fused-ring (bicyclic) bond motifs is 1. The van der Waals surface area contributed by atoms with Crippen LogP contribution < -0.4 is 11.3 Å². The lowest BCUT2D eigenvalue weighted by molar-refractivity contribution is 0.276. The molecule has 1 aromatic heterocycles. The second-order valence-electron chi connectivity index (χ2n) is 5.37. The standard InChI is InChI=1S/C15H19FN2S/c16-12-6-7-13-11(8-12)9-14(19-13)15(18-17)10-4-2-1-3-5-10/h6-10,15,18H,1-5,17H2. The molecular weight excluding hydrogens is 259 g/mol. The summed E-state index contributed by atoms with van der Waals surface area (Å²) < 4.78 is 14.4. The van der Waals surface area contributed by atoms with E-state index in [0.29, 0.717) is 5.92 Å². The predicted octanol–water partition coefficient (Wildman–Crippen LogP) is 4.13. The molecule has 1 unspecified atom stereocenters. The van der Waals surface area contributed by atoms with Gasteiger partial charge >= 0.3 is 0 Å². The van der Waals surface area contributed by atoms with Crippen molar-refractivity contribution in [2.75, 3.05) is 0 Å². The highest BCUT2D eigenvalue weighted by Gasteiger charge is 2.25. The summed E-state index contributed by atoms with van der Waals surface area (Å²) in [5, 5.41) is 0.982. The molecule has 1 aromatic carbocycles. The molecule has 3 N–H and O–H groups in total. The first-order valence-corrected chi connectivity index (χ1v) is 7.74. The maximum absolute atomic E-state index is 13.2. The van der Waals surface area contributed by atoms with E-state index in [-0.39, 0.29) is 11.9 Å². The summed E-state index contributed by atoms with van der Waals surface area (Å²) in [7, 11) is 0. The monoisotopic (exact) mass is 278 g/mol. The molecule has 2 aromatic rings. The molecule has 0 aliphatic heterocycles. The fourth-order valence-electron chi connectivity index (χ4n) is 3.11. The molecule has 0 saturated heterocycles. The molecule has 3 rings (SSSR count). The van der Waals surface area contributed by atoms with E-state index >= 15 is 0 Å². The first-order valence-electron chi connectivity index (χ1n) is 6.93. The fourth-order valence-corrected chi connectivity index (χ4v) is 4.31. The van der Waals surface area contributed by atoms with E-state index in [1.807, 2.05) is 6.07 Å². The van der Waals surface area contributed by atoms with Crippen LogP contribution in [-0.4, -0.2) is 0 Å². The van der Waals surface area contributed by atoms with Gasteiger partial charge in [0.15, 0.2) is 0 Å². The van der Waals surface area contributed by atoms with Gasteiger partial charge in [-0.05, 0) is 48.4 Å². The largest absolute Gasteiger partial charge is 0.271 e. The molecule has 1 fully saturated rings. The molecule has 0 bridgehead atoms. The molecular formula is C15H19FN2S. The third-order valence-electron chi connectivity index (χ3n) is 4.10. The summed E-state index contributed by atoms with van der Waals surface area (Å²) in [4.78, 5) is 1.23. The SMILES string of the molecule is NNC(c1cc2cc(F)ccc2s1)C1CCCCC1. The number of rotatable bonds is 3. The molecule has 2 nitrogen and oxygen atoms in total. The topological polar surface area (TPSA) is 38.0 Å². The molecule has 1 aliphatic rings. The molecule has 1 heterocycles. The van der Waals surface area contributed by atoms with Crippen molar-refractivity contribution < 1.29 is 4.39 Å². The van der Waals surface area contributed by atoms with Crippen molar-refractivity contribution in [3.63, 3.8) is 0 Å². The summed E-state index contributed by atoms with van der Waals surface area (Å²) in [5.74, 6) is 6.20. The number of thiophene rings is 1. The van der Waals surface area contributed by atoms with E-state index in [4.69, 9.17) is 5.84 Å². The van der Waals surface area contributed by atoms with Gasteiger partial charge in [0, 0.05) is 9.58 Å². The van der Waals surface area contributed by atoms with Gasteiger partial charge in [0.25, 0.3) is 0 Å². The zero-order chi connectivity index (χ0) is 13.2. The third-order valence-corrected chi connectivity index (χ3v) is 5.30. The van der Waals surface area contributed by atoms with Gasteiger partial charge in [0.05, 0.1) is 6.04 Å². The summed E-state index contributed by atoms with van der Waals surface area (Å²) in [6.45, 7) is 0. The quantitative estimate of drug-likeness (QED) is 0.654. The van der Waals surface area contributed by atoms with Crippen LogP contribution in [0.25, 0.3) is 10.1 Å². The number of hydrogen-bond acceptors (Lipinski definition) is 3. The van der Waals surface area contributed by atoms with Crippen LogP contribution in [0.5, 0.6) is 0 Å². The van der Waals surface area contributed by atoms with Gasteiger partial charge in [-0.25, -0.2) is 4.39 Å². The Balaban J connectivity index is 1.91. The van der Waals surface area contributed by atoms with Crippen LogP contribution in [0.4, 0.5) is 4.39 Å². The Labute approximate surface area is 116 Å². The van der Waals surface area contributed by atoms with Gasteiger partial charge in [-0.3, -0.25) is 11.3 Å². The Bertz CT molecular complexity index is 560. The Hall–Kier alpha value is -0.970. The molecule has 1 saturated carbocycles. The van der Waals surface area contributed by atoms with E-state index < -0.39 is 0 Å². The highest BCUT2D eigenvalue weighted by Crippen LogP contribution is 2.38. The van der Waals surface area contributed by atoms with Crippen LogP contribution in [0.3, 0.4) is 0 Å². The normalized spacial score (nSPS) is 18.8. The maximum Gasteiger partial charge on any atom is 0.123 e. The molecule has 0 spiro atoms. The number of nitrogens with one attached hydrogen (secondary N) is 1. The smallest absolute Gasteiger partial charge is 0.123 e. The van der Waals surface area contributed by atoms with Gasteiger partial charge in [-0.2, -0.15) is 0 Å². The minimum absolute atomic E-state index is 0.174. The number of hydrogen-bond donors (Lipinski definition) is 2. The number of benzene rings is 1. The van der Waals surface area contributed by atoms with Crippen molar-refractivity contribution >= 4 is 21.4 Å². The molecule has 0 radical (unpaired) electrons. The first-order chi connectivity index (χ1) is 9.28. The highest BCUT2D eigenvalue weighted by atomic mass is 32.1. The minimum Gasteiger partial charge on any atom is -0.271 e. The van der Waals surface area contributed by atoms with Crippen LogP contribution in [0.2, 0.25) is 0 Å². The van der Waals surface area contributed by atoms with Gasteiger partial charge in [0.1, 0.15) is 5.82 Å². The Morgan fingerprint density at radius 2 is 2.00 bits per heavy atom. The van der Waals surface area contributed by atoms with Crippen molar-refractivity contribution in [3.05, 3.63) is 35.0 Å². The zero-order valence-corrected chi connectivity index (χ0v) is 11.7. The third kappa shape index (κ3) is 2.66. The lowest BCUT2D eigenvalue weighted by Crippen LogP contribution is -2.33. The summed E-state index contributed by atoms with van der Waals surface area (Å²) >= 11 is 1.72. The van der Waals surface area contributed by atoms with Crippen molar-refractivity contribution in [1.29, 1.82) is 0 Å². The average molecular weight is 278 g/mol. The predicted molar refractivity (Wildman–Crippen MR) is 78.4 cm³/mol. The first kappa shape index (κ1) is 13.0. The summed E-state index contributed by atoms with van der Waals surface area (Å²) in [6.07, 6.45) is 6.39. The van der Waals surface area contributed by atoms with Crippen molar-refractivity contribution in [2.24, 2.45) is 11.8 Å². The maximum atomic E-state index is 13.2. The zero-order valence-electron chi connectivity index (χ0n) is 10.9. The van der Waals surface area contributed by atoms with E-state index in [1.165, 1.54) is 43.0 Å². The van der Waals surface area contributed by atoms with Crippen molar-refractivity contribution in [3.8, 4) is 0 Å². The lowest BCUT2D eigenvalue weighted by atomic mass is 9.83. The summed E-state index contributed by atoms with van der Waals surface area (Å²) in [6, 6.07) is 7.27. The highest BCUT2D eigenvalue weighted by molar-refractivity contribution is 7.19. The van der Waals surface area contributed by atoms with E-state index in [1.54, 1.807) is 17.4 Å². The molecule has 1 aliphatic carbocycles. The second-order valence-corrected chi connectivity index (χ2v) is 6.49. The van der Waals surface area contributed by atoms with Gasteiger partial charge in [0.2, 0.25) is 0 Å². The number of hydrazine groups is 1. The van der Waals surface area contributed by atoms with Gasteiger partial charge < -0.3 is 0 Å². The van der Waals surface area contributed by atoms with E-state index in [9.17, 15) is 4.39 Å². The van der Waals surface area contributed by atoms with E-state index in [0.717, 1.165) is 10.1 Å². The van der Waals surface area contributed by atoms with Crippen LogP contribution in [-0.2, 0) is 0 Å². The van der Waals surface area contributed by atoms with Crippen LogP contribution in [0.1, 0.15) is 43.0 Å². The molecule has 102 valence electrons. The lowest BCUT2D eigenvalue weighted by Gasteiger charge is -2.29. The molecule has 4 heteroatoms. The molecule has 1 atom stereocenters. The van der Waals surface area contributed by atoms with Gasteiger partial charge in [-0.1, -0.05) is 19.3 Å². The van der Waals surface area contributed by atoms with Crippen LogP contribution in [0.15, 0.2) is 24.3 Å². The van der Waals surface area contributed by atoms with Crippen LogP contribution >= 0.6 is 11.3 Å². The fraction of sp³-hybridized carbons (Fsp3) is 0.467.